The fourth-order valence-corrected chi connectivity index (χ4v) is 3.02. The molecule has 6 nitrogen and oxygen atoms in total. The highest BCUT2D eigenvalue weighted by molar-refractivity contribution is 7.09. The van der Waals surface area contributed by atoms with Crippen molar-refractivity contribution in [2.75, 3.05) is 18.5 Å². The normalized spacial score (nSPS) is 10.8. The number of hydrogen-bond donors (Lipinski definition) is 0. The third-order valence-corrected chi connectivity index (χ3v) is 4.36. The Bertz CT molecular complexity index is 804. The van der Waals surface area contributed by atoms with Gasteiger partial charge in [0, 0.05) is 61.1 Å². The minimum Gasteiger partial charge on any atom is -0.374 e. The molecule has 3 aromatic rings. The van der Waals surface area contributed by atoms with Gasteiger partial charge in [-0.05, 0) is 12.1 Å². The largest absolute Gasteiger partial charge is 0.374 e. The molecule has 0 aliphatic rings. The summed E-state index contributed by atoms with van der Waals surface area (Å²) in [6.07, 6.45) is 5.85. The zero-order chi connectivity index (χ0) is 15.5. The predicted molar refractivity (Wildman–Crippen MR) is 87.5 cm³/mol. The van der Waals surface area contributed by atoms with Crippen LogP contribution in [0.1, 0.15) is 5.01 Å². The number of nitro groups is 1. The highest BCUT2D eigenvalue weighted by Gasteiger charge is 2.16. The SMILES string of the molecule is CN(CCc1nccs1)c1ccc([N+](=O)[O-])c2cnccc12. The van der Waals surface area contributed by atoms with Crippen LogP contribution in [0, 0.1) is 10.1 Å². The fourth-order valence-electron chi connectivity index (χ4n) is 2.41. The Morgan fingerprint density at radius 3 is 2.86 bits per heavy atom. The van der Waals surface area contributed by atoms with E-state index in [1.165, 1.54) is 0 Å². The number of nitro benzene ring substituents is 1. The number of pyridine rings is 1. The van der Waals surface area contributed by atoms with E-state index in [2.05, 4.69) is 14.9 Å². The van der Waals surface area contributed by atoms with E-state index in [0.717, 1.165) is 29.0 Å². The summed E-state index contributed by atoms with van der Waals surface area (Å²) in [5, 5.41) is 15.6. The number of hydrogen-bond acceptors (Lipinski definition) is 6. The van der Waals surface area contributed by atoms with E-state index in [1.807, 2.05) is 18.5 Å². The smallest absolute Gasteiger partial charge is 0.278 e. The van der Waals surface area contributed by atoms with E-state index in [4.69, 9.17) is 0 Å². The van der Waals surface area contributed by atoms with Crippen LogP contribution in [0.2, 0.25) is 0 Å². The van der Waals surface area contributed by atoms with Crippen LogP contribution >= 0.6 is 11.3 Å². The lowest BCUT2D eigenvalue weighted by atomic mass is 10.1. The number of fused-ring (bicyclic) bond motifs is 1. The lowest BCUT2D eigenvalue weighted by Crippen LogP contribution is -2.20. The second-order valence-electron chi connectivity index (χ2n) is 4.88. The predicted octanol–water partition coefficient (Wildman–Crippen LogP) is 3.28. The molecule has 22 heavy (non-hydrogen) atoms. The molecule has 0 N–H and O–H groups in total. The van der Waals surface area contributed by atoms with Crippen LogP contribution in [0.25, 0.3) is 10.8 Å². The van der Waals surface area contributed by atoms with Crippen LogP contribution in [0.3, 0.4) is 0 Å². The lowest BCUT2D eigenvalue weighted by molar-refractivity contribution is -0.383. The second-order valence-corrected chi connectivity index (χ2v) is 5.86. The Morgan fingerprint density at radius 2 is 2.14 bits per heavy atom. The number of benzene rings is 1. The molecule has 2 aromatic heterocycles. The number of likely N-dealkylation sites (N-methyl/N-ethyl adjacent to an activating group) is 1. The maximum Gasteiger partial charge on any atom is 0.278 e. The molecule has 0 aliphatic heterocycles. The van der Waals surface area contributed by atoms with Crippen molar-refractivity contribution in [1.29, 1.82) is 0 Å². The van der Waals surface area contributed by atoms with Gasteiger partial charge in [-0.3, -0.25) is 15.1 Å². The molecule has 112 valence electrons. The van der Waals surface area contributed by atoms with E-state index in [-0.39, 0.29) is 10.6 Å². The number of nitrogens with zero attached hydrogens (tertiary/aromatic N) is 4. The molecular formula is C15H14N4O2S. The van der Waals surface area contributed by atoms with Gasteiger partial charge >= 0.3 is 0 Å². The third-order valence-electron chi connectivity index (χ3n) is 3.52. The summed E-state index contributed by atoms with van der Waals surface area (Å²) < 4.78 is 0. The molecule has 1 aromatic carbocycles. The first kappa shape index (κ1) is 14.4. The maximum atomic E-state index is 11.1. The van der Waals surface area contributed by atoms with Gasteiger partial charge in [-0.2, -0.15) is 0 Å². The summed E-state index contributed by atoms with van der Waals surface area (Å²) in [4.78, 5) is 21.1. The Kier molecular flexibility index (Phi) is 3.97. The monoisotopic (exact) mass is 314 g/mol. The minimum absolute atomic E-state index is 0.0835. The van der Waals surface area contributed by atoms with Crippen molar-refractivity contribution in [3.05, 3.63) is 57.3 Å². The molecule has 0 fully saturated rings. The van der Waals surface area contributed by atoms with Crippen LogP contribution in [0.4, 0.5) is 11.4 Å². The van der Waals surface area contributed by atoms with Crippen molar-refractivity contribution >= 4 is 33.5 Å². The van der Waals surface area contributed by atoms with Gasteiger partial charge in [0.1, 0.15) is 0 Å². The first-order chi connectivity index (χ1) is 10.7. The number of anilines is 1. The number of non-ortho nitro benzene ring substituents is 1. The molecule has 0 spiro atoms. The Morgan fingerprint density at radius 1 is 1.27 bits per heavy atom. The standard InChI is InChI=1S/C15H14N4O2S/c1-18(8-5-15-17-7-9-22-15)13-2-3-14(19(20)21)12-10-16-6-4-11(12)13/h2-4,6-7,9-10H,5,8H2,1H3. The van der Waals surface area contributed by atoms with Crippen LogP contribution < -0.4 is 4.90 Å². The quantitative estimate of drug-likeness (QED) is 0.534. The van der Waals surface area contributed by atoms with E-state index in [0.29, 0.717) is 5.39 Å². The van der Waals surface area contributed by atoms with Gasteiger partial charge in [0.2, 0.25) is 0 Å². The molecule has 2 heterocycles. The molecule has 0 bridgehead atoms. The van der Waals surface area contributed by atoms with Gasteiger partial charge in [0.15, 0.2) is 0 Å². The van der Waals surface area contributed by atoms with Crippen LogP contribution in [0.15, 0.2) is 42.2 Å². The van der Waals surface area contributed by atoms with E-state index < -0.39 is 0 Å². The van der Waals surface area contributed by atoms with E-state index in [9.17, 15) is 10.1 Å². The lowest BCUT2D eigenvalue weighted by Gasteiger charge is -2.20. The molecular weight excluding hydrogens is 300 g/mol. The molecule has 0 aliphatic carbocycles. The van der Waals surface area contributed by atoms with Crippen molar-refractivity contribution in [3.63, 3.8) is 0 Å². The first-order valence-corrected chi connectivity index (χ1v) is 7.65. The van der Waals surface area contributed by atoms with E-state index >= 15 is 0 Å². The van der Waals surface area contributed by atoms with Gasteiger partial charge in [-0.1, -0.05) is 0 Å². The van der Waals surface area contributed by atoms with E-state index in [1.54, 1.807) is 42.1 Å². The third kappa shape index (κ3) is 2.75. The highest BCUT2D eigenvalue weighted by atomic mass is 32.1. The summed E-state index contributed by atoms with van der Waals surface area (Å²) in [6, 6.07) is 5.15. The van der Waals surface area contributed by atoms with Crippen molar-refractivity contribution in [2.24, 2.45) is 0 Å². The second kappa shape index (κ2) is 6.07. The summed E-state index contributed by atoms with van der Waals surface area (Å²) >= 11 is 1.63. The Hall–Kier alpha value is -2.54. The number of aromatic nitrogens is 2. The van der Waals surface area contributed by atoms with Crippen LogP contribution in [-0.2, 0) is 6.42 Å². The molecule has 0 radical (unpaired) electrons. The van der Waals surface area contributed by atoms with Crippen molar-refractivity contribution in [3.8, 4) is 0 Å². The molecule has 0 atom stereocenters. The molecule has 0 amide bonds. The Labute approximate surface area is 131 Å². The maximum absolute atomic E-state index is 11.1. The van der Waals surface area contributed by atoms with Crippen molar-refractivity contribution in [2.45, 2.75) is 6.42 Å². The molecule has 0 saturated carbocycles. The zero-order valence-corrected chi connectivity index (χ0v) is 12.8. The number of rotatable bonds is 5. The topological polar surface area (TPSA) is 72.2 Å². The van der Waals surface area contributed by atoms with Crippen LogP contribution in [-0.4, -0.2) is 28.5 Å². The molecule has 7 heteroatoms. The summed E-state index contributed by atoms with van der Waals surface area (Å²) in [5.74, 6) is 0. The number of thiazole rings is 1. The molecule has 3 rings (SSSR count). The van der Waals surface area contributed by atoms with Crippen molar-refractivity contribution < 1.29 is 4.92 Å². The van der Waals surface area contributed by atoms with Crippen LogP contribution in [0.5, 0.6) is 0 Å². The minimum atomic E-state index is -0.372. The fraction of sp³-hybridized carbons (Fsp3) is 0.200. The highest BCUT2D eigenvalue weighted by Crippen LogP contribution is 2.32. The van der Waals surface area contributed by atoms with Gasteiger partial charge in [0.05, 0.1) is 15.3 Å². The van der Waals surface area contributed by atoms with Gasteiger partial charge in [-0.25, -0.2) is 4.98 Å². The zero-order valence-electron chi connectivity index (χ0n) is 12.0. The van der Waals surface area contributed by atoms with Gasteiger partial charge < -0.3 is 4.90 Å². The summed E-state index contributed by atoms with van der Waals surface area (Å²) in [7, 11) is 1.98. The average molecular weight is 314 g/mol. The van der Waals surface area contributed by atoms with Gasteiger partial charge in [-0.15, -0.1) is 11.3 Å². The molecule has 0 unspecified atom stereocenters. The van der Waals surface area contributed by atoms with Crippen molar-refractivity contribution in [1.82, 2.24) is 9.97 Å². The Balaban J connectivity index is 1.93. The molecule has 0 saturated heterocycles. The van der Waals surface area contributed by atoms with Gasteiger partial charge in [0.25, 0.3) is 5.69 Å². The first-order valence-electron chi connectivity index (χ1n) is 6.77. The summed E-state index contributed by atoms with van der Waals surface area (Å²) in [5.41, 5.74) is 1.04. The average Bonchev–Trinajstić information content (AvgIpc) is 3.04. The summed E-state index contributed by atoms with van der Waals surface area (Å²) in [6.45, 7) is 0.794.